The topological polar surface area (TPSA) is 91.3 Å². The maximum atomic E-state index is 13.1. The van der Waals surface area contributed by atoms with Crippen LogP contribution in [0.3, 0.4) is 0 Å². The predicted octanol–water partition coefficient (Wildman–Crippen LogP) is 4.98. The van der Waals surface area contributed by atoms with Crippen molar-refractivity contribution in [3.63, 3.8) is 0 Å². The second-order valence-corrected chi connectivity index (χ2v) is 10.6. The molecule has 0 unspecified atom stereocenters. The van der Waals surface area contributed by atoms with Gasteiger partial charge >= 0.3 is 6.03 Å². The second kappa shape index (κ2) is 8.93. The molecule has 4 fully saturated rings. The average Bonchev–Trinajstić information content (AvgIpc) is 2.71. The van der Waals surface area contributed by atoms with Gasteiger partial charge < -0.3 is 5.32 Å². The van der Waals surface area contributed by atoms with Gasteiger partial charge in [0.05, 0.1) is 6.54 Å². The van der Waals surface area contributed by atoms with Gasteiger partial charge in [0.2, 0.25) is 11.9 Å². The first kappa shape index (κ1) is 22.1. The lowest BCUT2D eigenvalue weighted by molar-refractivity contribution is -0.0132. The Morgan fingerprint density at radius 3 is 2.18 bits per heavy atom. The number of hydrogen-bond acceptors (Lipinski definition) is 4. The van der Waals surface area contributed by atoms with Crippen LogP contribution in [0.5, 0.6) is 0 Å². The highest BCUT2D eigenvalue weighted by Crippen LogP contribution is 2.55. The summed E-state index contributed by atoms with van der Waals surface area (Å²) in [6.45, 7) is 4.22. The zero-order valence-electron chi connectivity index (χ0n) is 19.2. The van der Waals surface area contributed by atoms with E-state index in [1.54, 1.807) is 0 Å². The number of anilines is 1. The maximum Gasteiger partial charge on any atom is 0.321 e. The highest BCUT2D eigenvalue weighted by Gasteiger charge is 2.51. The van der Waals surface area contributed by atoms with Crippen LogP contribution in [0.15, 0.2) is 35.3 Å². The van der Waals surface area contributed by atoms with E-state index in [9.17, 15) is 4.79 Å². The number of benzene rings is 1. The van der Waals surface area contributed by atoms with Gasteiger partial charge in [-0.2, -0.15) is 0 Å². The van der Waals surface area contributed by atoms with Gasteiger partial charge in [-0.3, -0.25) is 10.6 Å². The van der Waals surface area contributed by atoms with Crippen molar-refractivity contribution < 1.29 is 4.79 Å². The summed E-state index contributed by atoms with van der Waals surface area (Å²) in [5.74, 6) is 3.03. The molecule has 0 aliphatic heterocycles. The Balaban J connectivity index is 1.31. The zero-order valence-corrected chi connectivity index (χ0v) is 20.0. The van der Waals surface area contributed by atoms with Crippen LogP contribution in [0.1, 0.15) is 55.5 Å². The smallest absolute Gasteiger partial charge is 0.321 e. The van der Waals surface area contributed by atoms with Crippen molar-refractivity contribution in [1.29, 1.82) is 0 Å². The number of carbonyl (C=O) groups is 1. The molecule has 3 N–H and O–H groups in total. The second-order valence-electron chi connectivity index (χ2n) is 10.2. The first-order valence-electron chi connectivity index (χ1n) is 11.8. The molecule has 2 amide bonds. The third kappa shape index (κ3) is 5.29. The fourth-order valence-electron chi connectivity index (χ4n) is 6.40. The maximum absolute atomic E-state index is 13.1. The van der Waals surface area contributed by atoms with Gasteiger partial charge in [0.15, 0.2) is 0 Å². The van der Waals surface area contributed by atoms with E-state index in [0.29, 0.717) is 23.5 Å². The van der Waals surface area contributed by atoms with Crippen molar-refractivity contribution in [1.82, 2.24) is 20.6 Å². The Morgan fingerprint density at radius 2 is 1.61 bits per heavy atom. The number of halogens is 1. The number of hydrogen-bond donors (Lipinski definition) is 3. The largest absolute Gasteiger partial charge is 0.332 e. The molecule has 1 aromatic heterocycles. The minimum absolute atomic E-state index is 0.0729. The number of nitrogens with one attached hydrogen (secondary N) is 3. The molecule has 4 saturated carbocycles. The number of carbonyl (C=O) groups excluding carboxylic acids is 1. The van der Waals surface area contributed by atoms with Crippen LogP contribution >= 0.6 is 11.6 Å². The van der Waals surface area contributed by atoms with E-state index in [1.807, 2.05) is 44.2 Å². The summed E-state index contributed by atoms with van der Waals surface area (Å²) in [5, 5.41) is 10.1. The summed E-state index contributed by atoms with van der Waals surface area (Å²) < 4.78 is 0. The molecular formula is C25H31ClN6O. The number of guanidine groups is 1. The third-order valence-corrected chi connectivity index (χ3v) is 7.45. The van der Waals surface area contributed by atoms with Crippen LogP contribution in [0.25, 0.3) is 0 Å². The van der Waals surface area contributed by atoms with E-state index < -0.39 is 0 Å². The summed E-state index contributed by atoms with van der Waals surface area (Å²) in [7, 11) is 0. The number of aromatic nitrogens is 2. The molecule has 2 aromatic rings. The van der Waals surface area contributed by atoms with Gasteiger partial charge in [0.1, 0.15) is 0 Å². The predicted molar refractivity (Wildman–Crippen MR) is 130 cm³/mol. The SMILES string of the molecule is Cc1cc(C)nc(NC(=NCc2ccc(Cl)cc2)NC(=O)NC23CC4CC(CC(C4)C2)C3)n1. The summed E-state index contributed by atoms with van der Waals surface area (Å²) in [5.41, 5.74) is 2.61. The first-order valence-corrected chi connectivity index (χ1v) is 12.2. The Hall–Kier alpha value is -2.67. The molecule has 4 aliphatic carbocycles. The molecule has 33 heavy (non-hydrogen) atoms. The molecule has 0 radical (unpaired) electrons. The highest BCUT2D eigenvalue weighted by molar-refractivity contribution is 6.30. The standard InChI is InChI=1S/C25H31ClN6O/c1-15-7-16(2)29-23(28-15)30-22(27-14-17-3-5-21(26)6-4-17)31-24(33)32-25-11-18-8-19(12-25)10-20(9-18)13-25/h3-7,18-20H,8-14H2,1-2H3,(H3,27,28,29,30,31,32,33). The zero-order chi connectivity index (χ0) is 23.0. The van der Waals surface area contributed by atoms with Crippen LogP contribution < -0.4 is 16.0 Å². The molecule has 1 aromatic carbocycles. The lowest BCUT2D eigenvalue weighted by Gasteiger charge is -2.56. The molecule has 7 nitrogen and oxygen atoms in total. The molecule has 4 aliphatic rings. The van der Waals surface area contributed by atoms with E-state index in [4.69, 9.17) is 11.6 Å². The van der Waals surface area contributed by atoms with Gasteiger partial charge in [0, 0.05) is 21.9 Å². The summed E-state index contributed by atoms with van der Waals surface area (Å²) in [6, 6.07) is 9.20. The van der Waals surface area contributed by atoms with Crippen LogP contribution in [-0.2, 0) is 6.54 Å². The number of aliphatic imine (C=N–C) groups is 1. The van der Waals surface area contributed by atoms with E-state index in [2.05, 4.69) is 30.9 Å². The molecule has 4 bridgehead atoms. The lowest BCUT2D eigenvalue weighted by atomic mass is 9.53. The normalized spacial score (nSPS) is 28.0. The van der Waals surface area contributed by atoms with Crippen molar-refractivity contribution in [2.75, 3.05) is 5.32 Å². The summed E-state index contributed by atoms with van der Waals surface area (Å²) >= 11 is 6.00. The van der Waals surface area contributed by atoms with Crippen molar-refractivity contribution in [3.8, 4) is 0 Å². The summed E-state index contributed by atoms with van der Waals surface area (Å²) in [6.07, 6.45) is 7.29. The van der Waals surface area contributed by atoms with E-state index >= 15 is 0 Å². The van der Waals surface area contributed by atoms with Crippen LogP contribution in [-0.4, -0.2) is 27.5 Å². The van der Waals surface area contributed by atoms with Crippen molar-refractivity contribution in [2.45, 2.75) is 64.5 Å². The van der Waals surface area contributed by atoms with Crippen molar-refractivity contribution >= 4 is 29.5 Å². The van der Waals surface area contributed by atoms with Crippen molar-refractivity contribution in [2.24, 2.45) is 22.7 Å². The van der Waals surface area contributed by atoms with Gasteiger partial charge in [0.25, 0.3) is 0 Å². The minimum Gasteiger partial charge on any atom is -0.332 e. The van der Waals surface area contributed by atoms with Gasteiger partial charge in [-0.25, -0.2) is 19.8 Å². The fourth-order valence-corrected chi connectivity index (χ4v) is 6.53. The quantitative estimate of drug-likeness (QED) is 0.437. The Labute approximate surface area is 199 Å². The monoisotopic (exact) mass is 466 g/mol. The minimum atomic E-state index is -0.219. The molecule has 0 atom stereocenters. The van der Waals surface area contributed by atoms with Gasteiger partial charge in [-0.05, 0) is 93.9 Å². The van der Waals surface area contributed by atoms with E-state index in [-0.39, 0.29) is 11.6 Å². The molecule has 0 saturated heterocycles. The highest BCUT2D eigenvalue weighted by atomic mass is 35.5. The molecule has 6 rings (SSSR count). The average molecular weight is 467 g/mol. The van der Waals surface area contributed by atoms with Crippen LogP contribution in [0.2, 0.25) is 5.02 Å². The van der Waals surface area contributed by atoms with E-state index in [1.165, 1.54) is 19.3 Å². The lowest BCUT2D eigenvalue weighted by Crippen LogP contribution is -2.62. The van der Waals surface area contributed by atoms with Crippen LogP contribution in [0.4, 0.5) is 10.7 Å². The number of aryl methyl sites for hydroxylation is 2. The molecule has 0 spiro atoms. The Morgan fingerprint density at radius 1 is 1.03 bits per heavy atom. The third-order valence-electron chi connectivity index (χ3n) is 7.19. The number of nitrogens with zero attached hydrogens (tertiary/aromatic N) is 3. The summed E-state index contributed by atoms with van der Waals surface area (Å²) in [4.78, 5) is 26.6. The number of amides is 2. The first-order chi connectivity index (χ1) is 15.8. The van der Waals surface area contributed by atoms with E-state index in [0.717, 1.165) is 54.0 Å². The molecular weight excluding hydrogens is 436 g/mol. The van der Waals surface area contributed by atoms with Gasteiger partial charge in [-0.1, -0.05) is 23.7 Å². The number of urea groups is 1. The number of rotatable bonds is 4. The molecule has 1 heterocycles. The van der Waals surface area contributed by atoms with Crippen molar-refractivity contribution in [3.05, 3.63) is 52.3 Å². The molecule has 8 heteroatoms. The Kier molecular flexibility index (Phi) is 5.99. The fraction of sp³-hybridized carbons (Fsp3) is 0.520. The van der Waals surface area contributed by atoms with Crippen LogP contribution in [0, 0.1) is 31.6 Å². The Bertz CT molecular complexity index is 1010. The van der Waals surface area contributed by atoms with Gasteiger partial charge in [-0.15, -0.1) is 0 Å². The molecule has 174 valence electrons.